The van der Waals surface area contributed by atoms with Crippen LogP contribution in [0, 0.1) is 17.8 Å². The number of amides is 2. The smallest absolute Gasteiger partial charge is 0.276 e. The molecule has 4 rings (SSSR count). The Balaban J connectivity index is 1.49. The van der Waals surface area contributed by atoms with Crippen molar-refractivity contribution in [3.8, 4) is 11.8 Å². The number of carbonyl (C=O) groups is 2. The first-order valence-corrected chi connectivity index (χ1v) is 12.7. The van der Waals surface area contributed by atoms with Crippen molar-refractivity contribution in [1.82, 2.24) is 20.5 Å². The van der Waals surface area contributed by atoms with E-state index in [0.29, 0.717) is 18.7 Å². The molecule has 0 aliphatic heterocycles. The van der Waals surface area contributed by atoms with Gasteiger partial charge in [-0.15, -0.1) is 0 Å². The van der Waals surface area contributed by atoms with Crippen molar-refractivity contribution >= 4 is 29.2 Å². The maximum atomic E-state index is 12.8. The number of anilines is 1. The van der Waals surface area contributed by atoms with Crippen molar-refractivity contribution < 1.29 is 9.59 Å². The summed E-state index contributed by atoms with van der Waals surface area (Å²) in [7, 11) is 0. The van der Waals surface area contributed by atoms with Gasteiger partial charge in [0.25, 0.3) is 5.91 Å². The summed E-state index contributed by atoms with van der Waals surface area (Å²) in [6.07, 6.45) is 9.87. The van der Waals surface area contributed by atoms with Gasteiger partial charge in [-0.2, -0.15) is 5.10 Å². The van der Waals surface area contributed by atoms with Crippen LogP contribution in [0.3, 0.4) is 0 Å². The summed E-state index contributed by atoms with van der Waals surface area (Å²) in [5.74, 6) is 6.16. The van der Waals surface area contributed by atoms with Crippen LogP contribution in [-0.4, -0.2) is 33.0 Å². The molecule has 2 amide bonds. The van der Waals surface area contributed by atoms with E-state index in [-0.39, 0.29) is 28.6 Å². The zero-order valence-corrected chi connectivity index (χ0v) is 21.1. The summed E-state index contributed by atoms with van der Waals surface area (Å²) in [6.45, 7) is 1.94. The largest absolute Gasteiger partial charge is 0.353 e. The van der Waals surface area contributed by atoms with Crippen LogP contribution in [0.2, 0.25) is 5.02 Å². The summed E-state index contributed by atoms with van der Waals surface area (Å²) in [4.78, 5) is 30.0. The molecule has 3 aromatic rings. The van der Waals surface area contributed by atoms with Gasteiger partial charge in [0, 0.05) is 29.3 Å². The molecule has 0 spiro atoms. The van der Waals surface area contributed by atoms with Gasteiger partial charge in [-0.1, -0.05) is 67.8 Å². The highest BCUT2D eigenvalue weighted by Gasteiger charge is 2.21. The number of H-pyrrole nitrogens is 1. The predicted molar refractivity (Wildman–Crippen MR) is 141 cm³/mol. The van der Waals surface area contributed by atoms with Gasteiger partial charge in [-0.05, 0) is 49.4 Å². The predicted octanol–water partition coefficient (Wildman–Crippen LogP) is 5.13. The first-order valence-electron chi connectivity index (χ1n) is 12.4. The highest BCUT2D eigenvalue weighted by molar-refractivity contribution is 6.34. The Hall–Kier alpha value is -3.63. The number of nitrogens with one attached hydrogen (secondary N) is 3. The van der Waals surface area contributed by atoms with Gasteiger partial charge in [0.2, 0.25) is 5.91 Å². The molecule has 2 heterocycles. The Bertz CT molecular complexity index is 1260. The monoisotopic (exact) mass is 503 g/mol. The standard InChI is InChI=1S/C28H30ClN5O2/c1-19(27(35)32-23-10-6-3-7-11-23)12-15-22-16-21(14-13-20-8-4-2-5-9-20)17-30-26(22)33-28(36)25-24(29)18-31-34-25/h2,4-5,8-9,16-19,23H,3,6-7,10-12,15H2,1H3,(H,31,34)(H,32,35)(H,30,33,36)/t19-/m1/s1. The second-order valence-electron chi connectivity index (χ2n) is 9.18. The van der Waals surface area contributed by atoms with Crippen molar-refractivity contribution in [3.05, 3.63) is 76.2 Å². The fourth-order valence-electron chi connectivity index (χ4n) is 4.24. The molecule has 1 aliphatic rings. The quantitative estimate of drug-likeness (QED) is 0.389. The van der Waals surface area contributed by atoms with Gasteiger partial charge in [0.05, 0.1) is 11.2 Å². The third-order valence-electron chi connectivity index (χ3n) is 6.39. The summed E-state index contributed by atoms with van der Waals surface area (Å²) in [5.41, 5.74) is 2.60. The number of halogens is 1. The normalized spacial score (nSPS) is 14.4. The molecule has 1 atom stereocenters. The lowest BCUT2D eigenvalue weighted by molar-refractivity contribution is -0.125. The van der Waals surface area contributed by atoms with Gasteiger partial charge in [-0.25, -0.2) is 4.98 Å². The molecule has 36 heavy (non-hydrogen) atoms. The minimum atomic E-state index is -0.433. The van der Waals surface area contributed by atoms with Crippen LogP contribution in [-0.2, 0) is 11.2 Å². The van der Waals surface area contributed by atoms with Crippen LogP contribution in [0.15, 0.2) is 48.8 Å². The average Bonchev–Trinajstić information content (AvgIpc) is 3.34. The highest BCUT2D eigenvalue weighted by atomic mass is 35.5. The third kappa shape index (κ3) is 6.96. The minimum Gasteiger partial charge on any atom is -0.353 e. The van der Waals surface area contributed by atoms with Crippen molar-refractivity contribution in [3.63, 3.8) is 0 Å². The molecule has 0 bridgehead atoms. The highest BCUT2D eigenvalue weighted by Crippen LogP contribution is 2.22. The van der Waals surface area contributed by atoms with E-state index in [4.69, 9.17) is 11.6 Å². The number of nitrogens with zero attached hydrogens (tertiary/aromatic N) is 2. The van der Waals surface area contributed by atoms with Gasteiger partial charge in [0.1, 0.15) is 11.5 Å². The topological polar surface area (TPSA) is 99.8 Å². The molecule has 8 heteroatoms. The summed E-state index contributed by atoms with van der Waals surface area (Å²) in [5, 5.41) is 12.7. The Kier molecular flexibility index (Phi) is 8.75. The lowest BCUT2D eigenvalue weighted by Gasteiger charge is -2.24. The summed E-state index contributed by atoms with van der Waals surface area (Å²) >= 11 is 6.05. The van der Waals surface area contributed by atoms with E-state index < -0.39 is 5.91 Å². The van der Waals surface area contributed by atoms with Crippen molar-refractivity contribution in [1.29, 1.82) is 0 Å². The number of hydrogen-bond acceptors (Lipinski definition) is 4. The molecule has 1 saturated carbocycles. The minimum absolute atomic E-state index is 0.0738. The van der Waals surface area contributed by atoms with E-state index in [0.717, 1.165) is 29.5 Å². The first kappa shape index (κ1) is 25.5. The number of pyridine rings is 1. The van der Waals surface area contributed by atoms with Crippen LogP contribution < -0.4 is 10.6 Å². The number of benzene rings is 1. The van der Waals surface area contributed by atoms with Crippen molar-refractivity contribution in [2.24, 2.45) is 5.92 Å². The molecule has 1 fully saturated rings. The van der Waals surface area contributed by atoms with Crippen molar-refractivity contribution in [2.75, 3.05) is 5.32 Å². The molecule has 7 nitrogen and oxygen atoms in total. The number of rotatable bonds is 7. The van der Waals surface area contributed by atoms with Crippen LogP contribution >= 0.6 is 11.6 Å². The van der Waals surface area contributed by atoms with Gasteiger partial charge in [0.15, 0.2) is 0 Å². The molecule has 1 aliphatic carbocycles. The number of carbonyl (C=O) groups excluding carboxylic acids is 2. The van der Waals surface area contributed by atoms with E-state index in [1.807, 2.05) is 43.3 Å². The van der Waals surface area contributed by atoms with Crippen LogP contribution in [0.25, 0.3) is 0 Å². The number of aryl methyl sites for hydroxylation is 1. The molecular weight excluding hydrogens is 474 g/mol. The van der Waals surface area contributed by atoms with Gasteiger partial charge < -0.3 is 10.6 Å². The van der Waals surface area contributed by atoms with E-state index in [1.54, 1.807) is 6.20 Å². The van der Waals surface area contributed by atoms with Crippen molar-refractivity contribution in [2.45, 2.75) is 57.9 Å². The Morgan fingerprint density at radius 1 is 1.11 bits per heavy atom. The molecule has 0 radical (unpaired) electrons. The lowest BCUT2D eigenvalue weighted by Crippen LogP contribution is -2.39. The molecule has 2 aromatic heterocycles. The zero-order valence-electron chi connectivity index (χ0n) is 20.3. The Morgan fingerprint density at radius 3 is 2.58 bits per heavy atom. The Morgan fingerprint density at radius 2 is 1.86 bits per heavy atom. The molecule has 186 valence electrons. The SMILES string of the molecule is C[C@H](CCc1cc(C#Cc2ccccc2)cnc1NC(=O)c1[nH]ncc1Cl)C(=O)NC1CCCCC1. The lowest BCUT2D eigenvalue weighted by atomic mass is 9.94. The molecule has 0 unspecified atom stereocenters. The third-order valence-corrected chi connectivity index (χ3v) is 6.68. The summed E-state index contributed by atoms with van der Waals surface area (Å²) < 4.78 is 0. The first-order chi connectivity index (χ1) is 17.5. The van der Waals surface area contributed by atoms with E-state index in [9.17, 15) is 9.59 Å². The van der Waals surface area contributed by atoms with Crippen LogP contribution in [0.4, 0.5) is 5.82 Å². The summed E-state index contributed by atoms with van der Waals surface area (Å²) in [6, 6.07) is 11.9. The number of hydrogen-bond donors (Lipinski definition) is 3. The maximum absolute atomic E-state index is 12.8. The van der Waals surface area contributed by atoms with Gasteiger partial charge >= 0.3 is 0 Å². The molecular formula is C28H30ClN5O2. The fraction of sp³-hybridized carbons (Fsp3) is 0.357. The second kappa shape index (κ2) is 12.4. The maximum Gasteiger partial charge on any atom is 0.276 e. The zero-order chi connectivity index (χ0) is 25.3. The molecule has 1 aromatic carbocycles. The van der Waals surface area contributed by atoms with Crippen LogP contribution in [0.5, 0.6) is 0 Å². The number of aromatic amines is 1. The average molecular weight is 504 g/mol. The Labute approximate surface area is 216 Å². The second-order valence-corrected chi connectivity index (χ2v) is 9.59. The van der Waals surface area contributed by atoms with E-state index >= 15 is 0 Å². The van der Waals surface area contributed by atoms with Gasteiger partial charge in [-0.3, -0.25) is 14.7 Å². The number of aromatic nitrogens is 3. The van der Waals surface area contributed by atoms with E-state index in [2.05, 4.69) is 37.7 Å². The van der Waals surface area contributed by atoms with E-state index in [1.165, 1.54) is 25.5 Å². The van der Waals surface area contributed by atoms with Crippen LogP contribution in [0.1, 0.15) is 72.6 Å². The molecule has 3 N–H and O–H groups in total. The molecule has 0 saturated heterocycles. The fourth-order valence-corrected chi connectivity index (χ4v) is 4.42.